The van der Waals surface area contributed by atoms with Gasteiger partial charge in [0.1, 0.15) is 0 Å². The fraction of sp³-hybridized carbons (Fsp3) is 0. The van der Waals surface area contributed by atoms with E-state index in [-0.39, 0.29) is 0 Å². The van der Waals surface area contributed by atoms with Crippen molar-refractivity contribution in [2.45, 2.75) is 0 Å². The van der Waals surface area contributed by atoms with Crippen LogP contribution in [0.1, 0.15) is 11.5 Å². The molecule has 1 heterocycles. The van der Waals surface area contributed by atoms with Gasteiger partial charge in [-0.2, -0.15) is 4.98 Å². The standard InChI is InChI=1S/C16H12N2O/c1-3-7-13(8-4-1)11-12-15-17-16(18-19-15)14-9-5-2-6-10-14/h1-12H/b12-11+. The predicted molar refractivity (Wildman–Crippen MR) is 75.1 cm³/mol. The van der Waals surface area contributed by atoms with Crippen LogP contribution in [0.25, 0.3) is 23.5 Å². The van der Waals surface area contributed by atoms with Gasteiger partial charge in [0, 0.05) is 11.6 Å². The van der Waals surface area contributed by atoms with Gasteiger partial charge < -0.3 is 4.52 Å². The first-order valence-corrected chi connectivity index (χ1v) is 6.04. The van der Waals surface area contributed by atoms with Gasteiger partial charge in [-0.15, -0.1) is 0 Å². The minimum absolute atomic E-state index is 0.503. The van der Waals surface area contributed by atoms with Gasteiger partial charge in [0.25, 0.3) is 5.89 Å². The van der Waals surface area contributed by atoms with E-state index >= 15 is 0 Å². The number of aromatic nitrogens is 2. The zero-order valence-electron chi connectivity index (χ0n) is 10.2. The second-order valence-electron chi connectivity index (χ2n) is 4.07. The molecule has 0 N–H and O–H groups in total. The molecule has 3 aromatic rings. The van der Waals surface area contributed by atoms with Gasteiger partial charge in [-0.05, 0) is 11.6 Å². The minimum atomic E-state index is 0.503. The van der Waals surface area contributed by atoms with Crippen LogP contribution in [0.2, 0.25) is 0 Å². The Bertz CT molecular complexity index is 672. The van der Waals surface area contributed by atoms with Crippen molar-refractivity contribution < 1.29 is 4.52 Å². The molecule has 1 aromatic heterocycles. The van der Waals surface area contributed by atoms with E-state index in [1.165, 1.54) is 0 Å². The highest BCUT2D eigenvalue weighted by Crippen LogP contribution is 2.15. The van der Waals surface area contributed by atoms with Crippen LogP contribution in [0.3, 0.4) is 0 Å². The summed E-state index contributed by atoms with van der Waals surface area (Å²) in [6.45, 7) is 0. The van der Waals surface area contributed by atoms with Gasteiger partial charge in [0.05, 0.1) is 0 Å². The smallest absolute Gasteiger partial charge is 0.250 e. The lowest BCUT2D eigenvalue weighted by Crippen LogP contribution is -1.79. The summed E-state index contributed by atoms with van der Waals surface area (Å²) in [6.07, 6.45) is 3.76. The summed E-state index contributed by atoms with van der Waals surface area (Å²) in [5.74, 6) is 1.11. The molecule has 0 saturated heterocycles. The van der Waals surface area contributed by atoms with E-state index in [1.807, 2.05) is 72.8 Å². The van der Waals surface area contributed by atoms with Crippen molar-refractivity contribution in [2.24, 2.45) is 0 Å². The Balaban J connectivity index is 1.81. The van der Waals surface area contributed by atoms with Gasteiger partial charge in [0.15, 0.2) is 0 Å². The second kappa shape index (κ2) is 5.31. The molecule has 0 atom stereocenters. The third-order valence-electron chi connectivity index (χ3n) is 2.69. The van der Waals surface area contributed by atoms with Gasteiger partial charge >= 0.3 is 0 Å². The third-order valence-corrected chi connectivity index (χ3v) is 2.69. The Morgan fingerprint density at radius 1 is 0.789 bits per heavy atom. The summed E-state index contributed by atoms with van der Waals surface area (Å²) in [5.41, 5.74) is 2.05. The highest BCUT2D eigenvalue weighted by atomic mass is 16.5. The van der Waals surface area contributed by atoms with E-state index in [9.17, 15) is 0 Å². The fourth-order valence-electron chi connectivity index (χ4n) is 1.74. The average Bonchev–Trinajstić information content (AvgIpc) is 2.96. The molecule has 0 aliphatic carbocycles. The lowest BCUT2D eigenvalue weighted by Gasteiger charge is -1.90. The van der Waals surface area contributed by atoms with Crippen molar-refractivity contribution in [3.63, 3.8) is 0 Å². The number of rotatable bonds is 3. The molecule has 0 spiro atoms. The number of nitrogens with zero attached hydrogens (tertiary/aromatic N) is 2. The van der Waals surface area contributed by atoms with E-state index in [1.54, 1.807) is 0 Å². The van der Waals surface area contributed by atoms with Crippen LogP contribution in [0.15, 0.2) is 65.2 Å². The summed E-state index contributed by atoms with van der Waals surface area (Å²) in [7, 11) is 0. The normalized spacial score (nSPS) is 10.9. The van der Waals surface area contributed by atoms with Crippen LogP contribution in [-0.4, -0.2) is 10.1 Å². The molecule has 0 fully saturated rings. The highest BCUT2D eigenvalue weighted by molar-refractivity contribution is 5.66. The lowest BCUT2D eigenvalue weighted by atomic mass is 10.2. The predicted octanol–water partition coefficient (Wildman–Crippen LogP) is 3.91. The molecule has 2 aromatic carbocycles. The monoisotopic (exact) mass is 248 g/mol. The van der Waals surface area contributed by atoms with E-state index in [4.69, 9.17) is 4.52 Å². The van der Waals surface area contributed by atoms with E-state index in [0.717, 1.165) is 11.1 Å². The zero-order valence-corrected chi connectivity index (χ0v) is 10.2. The molecule has 0 amide bonds. The van der Waals surface area contributed by atoms with Crippen LogP contribution >= 0.6 is 0 Å². The van der Waals surface area contributed by atoms with Crippen LogP contribution in [0.4, 0.5) is 0 Å². The molecular formula is C16H12N2O. The summed E-state index contributed by atoms with van der Waals surface area (Å²) in [4.78, 5) is 4.33. The molecule has 3 rings (SSSR count). The van der Waals surface area contributed by atoms with Crippen molar-refractivity contribution >= 4 is 12.2 Å². The third kappa shape index (κ3) is 2.77. The van der Waals surface area contributed by atoms with Crippen molar-refractivity contribution in [1.29, 1.82) is 0 Å². The van der Waals surface area contributed by atoms with Gasteiger partial charge in [-0.3, -0.25) is 0 Å². The maximum absolute atomic E-state index is 5.19. The maximum atomic E-state index is 5.19. The number of benzene rings is 2. The summed E-state index contributed by atoms with van der Waals surface area (Å²) < 4.78 is 5.19. The van der Waals surface area contributed by atoms with Crippen LogP contribution in [-0.2, 0) is 0 Å². The van der Waals surface area contributed by atoms with Crippen LogP contribution < -0.4 is 0 Å². The summed E-state index contributed by atoms with van der Waals surface area (Å²) in [5, 5.41) is 3.96. The summed E-state index contributed by atoms with van der Waals surface area (Å²) in [6, 6.07) is 19.8. The first-order chi connectivity index (χ1) is 9.42. The molecule has 3 heteroatoms. The number of hydrogen-bond donors (Lipinski definition) is 0. The van der Waals surface area contributed by atoms with Gasteiger partial charge in [0.2, 0.25) is 5.82 Å². The van der Waals surface area contributed by atoms with Crippen LogP contribution in [0, 0.1) is 0 Å². The Morgan fingerprint density at radius 2 is 1.47 bits per heavy atom. The van der Waals surface area contributed by atoms with Crippen molar-refractivity contribution in [3.8, 4) is 11.4 Å². The molecule has 0 unspecified atom stereocenters. The molecule has 3 nitrogen and oxygen atoms in total. The first kappa shape index (κ1) is 11.4. The Kier molecular flexibility index (Phi) is 3.19. The maximum Gasteiger partial charge on any atom is 0.250 e. The fourth-order valence-corrected chi connectivity index (χ4v) is 1.74. The Morgan fingerprint density at radius 3 is 2.21 bits per heavy atom. The summed E-state index contributed by atoms with van der Waals surface area (Å²) >= 11 is 0. The molecule has 0 aliphatic rings. The molecule has 19 heavy (non-hydrogen) atoms. The van der Waals surface area contributed by atoms with Crippen molar-refractivity contribution in [1.82, 2.24) is 10.1 Å². The van der Waals surface area contributed by atoms with E-state index < -0.39 is 0 Å². The van der Waals surface area contributed by atoms with Gasteiger partial charge in [-0.1, -0.05) is 65.8 Å². The Hall–Kier alpha value is -2.68. The molecule has 0 saturated carbocycles. The topological polar surface area (TPSA) is 38.9 Å². The molecule has 0 bridgehead atoms. The molecule has 0 radical (unpaired) electrons. The average molecular weight is 248 g/mol. The second-order valence-corrected chi connectivity index (χ2v) is 4.07. The highest BCUT2D eigenvalue weighted by Gasteiger charge is 2.05. The zero-order chi connectivity index (χ0) is 12.9. The van der Waals surface area contributed by atoms with Gasteiger partial charge in [-0.25, -0.2) is 0 Å². The minimum Gasteiger partial charge on any atom is -0.334 e. The Labute approximate surface area is 111 Å². The molecule has 92 valence electrons. The largest absolute Gasteiger partial charge is 0.334 e. The first-order valence-electron chi connectivity index (χ1n) is 6.04. The quantitative estimate of drug-likeness (QED) is 0.705. The SMILES string of the molecule is C(=C\c1nc(-c2ccccc2)no1)/c1ccccc1. The molecular weight excluding hydrogens is 236 g/mol. The molecule has 0 aliphatic heterocycles. The van der Waals surface area contributed by atoms with Crippen molar-refractivity contribution in [2.75, 3.05) is 0 Å². The van der Waals surface area contributed by atoms with Crippen LogP contribution in [0.5, 0.6) is 0 Å². The van der Waals surface area contributed by atoms with E-state index in [0.29, 0.717) is 11.7 Å². The lowest BCUT2D eigenvalue weighted by molar-refractivity contribution is 0.411. The number of hydrogen-bond acceptors (Lipinski definition) is 3. The van der Waals surface area contributed by atoms with Crippen molar-refractivity contribution in [3.05, 3.63) is 72.1 Å². The van der Waals surface area contributed by atoms with E-state index in [2.05, 4.69) is 10.1 Å².